The number of carbonyl (C=O) groups excluding carboxylic acids is 1. The molecule has 0 atom stereocenters. The number of nitrogens with zero attached hydrogens (tertiary/aromatic N) is 2. The molecule has 104 valence electrons. The smallest absolute Gasteiger partial charge is 0.264 e. The van der Waals surface area contributed by atoms with Crippen LogP contribution in [0.5, 0.6) is 0 Å². The van der Waals surface area contributed by atoms with E-state index in [1.54, 1.807) is 23.2 Å². The summed E-state index contributed by atoms with van der Waals surface area (Å²) in [6.07, 6.45) is 1.75. The number of thiophene rings is 1. The third-order valence-corrected chi connectivity index (χ3v) is 4.77. The number of halogens is 1. The first-order valence-electron chi connectivity index (χ1n) is 6.62. The van der Waals surface area contributed by atoms with Gasteiger partial charge in [-0.15, -0.1) is 11.3 Å². The molecule has 21 heavy (non-hydrogen) atoms. The normalized spacial score (nSPS) is 13.7. The Bertz CT molecular complexity index is 833. The van der Waals surface area contributed by atoms with Gasteiger partial charge in [0, 0.05) is 17.4 Å². The maximum atomic E-state index is 13.2. The van der Waals surface area contributed by atoms with Crippen molar-refractivity contribution < 1.29 is 9.18 Å². The van der Waals surface area contributed by atoms with E-state index in [0.29, 0.717) is 18.0 Å². The van der Waals surface area contributed by atoms with E-state index in [1.165, 1.54) is 23.5 Å². The molecule has 0 fully saturated rings. The Kier molecular flexibility index (Phi) is 2.75. The molecule has 3 heterocycles. The summed E-state index contributed by atoms with van der Waals surface area (Å²) >= 11 is 1.40. The second-order valence-corrected chi connectivity index (χ2v) is 6.15. The molecule has 1 aromatic carbocycles. The minimum Gasteiger partial charge on any atom is -0.328 e. The van der Waals surface area contributed by atoms with E-state index >= 15 is 0 Å². The molecule has 1 amide bonds. The number of hydrogen-bond acceptors (Lipinski definition) is 3. The van der Waals surface area contributed by atoms with Gasteiger partial charge in [0.1, 0.15) is 5.82 Å². The van der Waals surface area contributed by atoms with Crippen LogP contribution in [0.4, 0.5) is 4.39 Å². The minimum absolute atomic E-state index is 0.0189. The fourth-order valence-corrected chi connectivity index (χ4v) is 3.63. The molecular formula is C16H11FN2OS. The van der Waals surface area contributed by atoms with Crippen molar-refractivity contribution in [2.75, 3.05) is 0 Å². The van der Waals surface area contributed by atoms with Crippen molar-refractivity contribution in [1.29, 1.82) is 0 Å². The molecule has 0 N–H and O–H groups in total. The molecule has 3 nitrogen and oxygen atoms in total. The molecule has 4 rings (SSSR count). The van der Waals surface area contributed by atoms with Crippen molar-refractivity contribution in [3.8, 4) is 0 Å². The van der Waals surface area contributed by atoms with Crippen molar-refractivity contribution in [1.82, 2.24) is 9.88 Å². The van der Waals surface area contributed by atoms with Gasteiger partial charge in [0.25, 0.3) is 5.91 Å². The van der Waals surface area contributed by atoms with Crippen LogP contribution in [0.1, 0.15) is 20.9 Å². The van der Waals surface area contributed by atoms with Gasteiger partial charge in [-0.3, -0.25) is 9.78 Å². The average Bonchev–Trinajstić information content (AvgIpc) is 3.09. The molecule has 0 bridgehead atoms. The van der Waals surface area contributed by atoms with Crippen molar-refractivity contribution in [3.05, 3.63) is 64.5 Å². The van der Waals surface area contributed by atoms with Crippen LogP contribution in [0, 0.1) is 5.82 Å². The Labute approximate surface area is 124 Å². The maximum absolute atomic E-state index is 13.2. The number of hydrogen-bond donors (Lipinski definition) is 0. The Morgan fingerprint density at radius 2 is 2.14 bits per heavy atom. The number of pyridine rings is 1. The van der Waals surface area contributed by atoms with Crippen LogP contribution in [-0.4, -0.2) is 15.8 Å². The van der Waals surface area contributed by atoms with Gasteiger partial charge in [-0.25, -0.2) is 4.39 Å². The number of carbonyl (C=O) groups is 1. The summed E-state index contributed by atoms with van der Waals surface area (Å²) in [4.78, 5) is 19.3. The zero-order valence-corrected chi connectivity index (χ0v) is 11.9. The van der Waals surface area contributed by atoms with Gasteiger partial charge in [0.15, 0.2) is 0 Å². The molecule has 2 aromatic heterocycles. The van der Waals surface area contributed by atoms with Crippen LogP contribution in [0.25, 0.3) is 10.1 Å². The highest BCUT2D eigenvalue weighted by Gasteiger charge is 2.26. The summed E-state index contributed by atoms with van der Waals surface area (Å²) in [5.74, 6) is -0.299. The molecule has 0 saturated heterocycles. The number of aromatic nitrogens is 1. The van der Waals surface area contributed by atoms with Crippen LogP contribution in [0.15, 0.2) is 42.6 Å². The third-order valence-electron chi connectivity index (χ3n) is 3.66. The highest BCUT2D eigenvalue weighted by atomic mass is 32.1. The Hall–Kier alpha value is -2.27. The second-order valence-electron chi connectivity index (χ2n) is 5.06. The fraction of sp³-hybridized carbons (Fsp3) is 0.125. The standard InChI is InChI=1S/C16H11FN2OS/c17-12-3-4-14-11(6-12)7-15(21-14)16(20)19-8-10-2-1-5-18-13(10)9-19/h1-7H,8-9H2. The first kappa shape index (κ1) is 12.5. The monoisotopic (exact) mass is 298 g/mol. The van der Waals surface area contributed by atoms with E-state index in [2.05, 4.69) is 4.98 Å². The van der Waals surface area contributed by atoms with Crippen molar-refractivity contribution >= 4 is 27.3 Å². The lowest BCUT2D eigenvalue weighted by Crippen LogP contribution is -2.24. The number of amides is 1. The minimum atomic E-state index is -0.280. The average molecular weight is 298 g/mol. The first-order valence-corrected chi connectivity index (χ1v) is 7.43. The lowest BCUT2D eigenvalue weighted by Gasteiger charge is -2.13. The third kappa shape index (κ3) is 2.10. The second kappa shape index (κ2) is 4.63. The molecule has 5 heteroatoms. The summed E-state index contributed by atoms with van der Waals surface area (Å²) in [7, 11) is 0. The lowest BCUT2D eigenvalue weighted by atomic mass is 10.2. The number of fused-ring (bicyclic) bond motifs is 2. The van der Waals surface area contributed by atoms with E-state index in [4.69, 9.17) is 0 Å². The molecule has 0 radical (unpaired) electrons. The van der Waals surface area contributed by atoms with Gasteiger partial charge in [-0.2, -0.15) is 0 Å². The van der Waals surface area contributed by atoms with Crippen molar-refractivity contribution in [2.24, 2.45) is 0 Å². The van der Waals surface area contributed by atoms with E-state index in [-0.39, 0.29) is 11.7 Å². The van der Waals surface area contributed by atoms with Gasteiger partial charge in [-0.1, -0.05) is 6.07 Å². The molecule has 0 aliphatic carbocycles. The summed E-state index contributed by atoms with van der Waals surface area (Å²) < 4.78 is 14.2. The van der Waals surface area contributed by atoms with Crippen LogP contribution in [0.2, 0.25) is 0 Å². The van der Waals surface area contributed by atoms with Crippen LogP contribution < -0.4 is 0 Å². The van der Waals surface area contributed by atoms with Gasteiger partial charge in [0.2, 0.25) is 0 Å². The van der Waals surface area contributed by atoms with Gasteiger partial charge in [-0.05, 0) is 41.3 Å². The van der Waals surface area contributed by atoms with E-state index < -0.39 is 0 Å². The summed E-state index contributed by atoms with van der Waals surface area (Å²) in [5.41, 5.74) is 2.05. The van der Waals surface area contributed by atoms with Crippen molar-refractivity contribution in [3.63, 3.8) is 0 Å². The fourth-order valence-electron chi connectivity index (χ4n) is 2.62. The topological polar surface area (TPSA) is 33.2 Å². The lowest BCUT2D eigenvalue weighted by molar-refractivity contribution is 0.0755. The van der Waals surface area contributed by atoms with Gasteiger partial charge >= 0.3 is 0 Å². The Morgan fingerprint density at radius 1 is 1.24 bits per heavy atom. The number of benzene rings is 1. The SMILES string of the molecule is O=C(c1cc2cc(F)ccc2s1)N1Cc2cccnc2C1. The summed E-state index contributed by atoms with van der Waals surface area (Å²) in [5, 5.41) is 0.776. The van der Waals surface area contributed by atoms with Gasteiger partial charge < -0.3 is 4.90 Å². The zero-order chi connectivity index (χ0) is 14.4. The van der Waals surface area contributed by atoms with E-state index in [9.17, 15) is 9.18 Å². The summed E-state index contributed by atoms with van der Waals surface area (Å²) in [6.45, 7) is 1.13. The van der Waals surface area contributed by atoms with Crippen LogP contribution >= 0.6 is 11.3 Å². The van der Waals surface area contributed by atoms with Crippen molar-refractivity contribution in [2.45, 2.75) is 13.1 Å². The largest absolute Gasteiger partial charge is 0.328 e. The maximum Gasteiger partial charge on any atom is 0.264 e. The molecule has 1 aliphatic heterocycles. The highest BCUT2D eigenvalue weighted by Crippen LogP contribution is 2.29. The first-order chi connectivity index (χ1) is 10.2. The molecule has 0 saturated carbocycles. The predicted octanol–water partition coefficient (Wildman–Crippen LogP) is 3.59. The van der Waals surface area contributed by atoms with Crippen LogP contribution in [0.3, 0.4) is 0 Å². The Morgan fingerprint density at radius 3 is 3.00 bits per heavy atom. The Balaban J connectivity index is 1.65. The summed E-state index contributed by atoms with van der Waals surface area (Å²) in [6, 6.07) is 10.2. The van der Waals surface area contributed by atoms with Crippen LogP contribution in [-0.2, 0) is 13.1 Å². The number of rotatable bonds is 1. The van der Waals surface area contributed by atoms with E-state index in [1.807, 2.05) is 12.1 Å². The molecular weight excluding hydrogens is 287 g/mol. The zero-order valence-electron chi connectivity index (χ0n) is 11.0. The quantitative estimate of drug-likeness (QED) is 0.688. The van der Waals surface area contributed by atoms with E-state index in [0.717, 1.165) is 21.3 Å². The molecule has 0 spiro atoms. The molecule has 3 aromatic rings. The molecule has 1 aliphatic rings. The van der Waals surface area contributed by atoms with Gasteiger partial charge in [0.05, 0.1) is 17.1 Å². The predicted molar refractivity (Wildman–Crippen MR) is 79.6 cm³/mol. The molecule has 0 unspecified atom stereocenters. The highest BCUT2D eigenvalue weighted by molar-refractivity contribution is 7.20.